The number of nitrogens with one attached hydrogen (secondary N) is 2. The third-order valence-corrected chi connectivity index (χ3v) is 4.81. The van der Waals surface area contributed by atoms with E-state index in [2.05, 4.69) is 10.6 Å². The van der Waals surface area contributed by atoms with Gasteiger partial charge in [-0.2, -0.15) is 0 Å². The molecule has 1 saturated carbocycles. The fraction of sp³-hybridized carbons (Fsp3) is 0.611. The van der Waals surface area contributed by atoms with Crippen molar-refractivity contribution < 1.29 is 14.6 Å². The maximum atomic E-state index is 11.5. The average Bonchev–Trinajstić information content (AvgIpc) is 2.96. The Morgan fingerprint density at radius 1 is 1.42 bits per heavy atom. The Balaban J connectivity index is 1.49. The van der Waals surface area contributed by atoms with E-state index < -0.39 is 6.10 Å². The first-order chi connectivity index (χ1) is 11.6. The van der Waals surface area contributed by atoms with Crippen LogP contribution in [0.25, 0.3) is 0 Å². The smallest absolute Gasteiger partial charge is 0.317 e. The fourth-order valence-electron chi connectivity index (χ4n) is 3.46. The first kappa shape index (κ1) is 17.0. The molecule has 2 fully saturated rings. The molecule has 6 nitrogen and oxygen atoms in total. The van der Waals surface area contributed by atoms with E-state index in [0.717, 1.165) is 43.7 Å². The van der Waals surface area contributed by atoms with Crippen LogP contribution in [0.4, 0.5) is 4.79 Å². The summed E-state index contributed by atoms with van der Waals surface area (Å²) >= 11 is 0. The third-order valence-electron chi connectivity index (χ3n) is 4.81. The van der Waals surface area contributed by atoms with Crippen LogP contribution in [-0.2, 0) is 0 Å². The molecule has 0 bridgehead atoms. The molecule has 0 spiro atoms. The Bertz CT molecular complexity index is 566. The number of carbonyl (C=O) groups is 1. The number of ether oxygens (including phenoxy) is 1. The lowest BCUT2D eigenvalue weighted by atomic mass is 9.90. The molecule has 3 N–H and O–H groups in total. The Labute approximate surface area is 143 Å². The number of nitrogens with zero attached hydrogens (tertiary/aromatic N) is 1. The number of benzene rings is 1. The van der Waals surface area contributed by atoms with Crippen LogP contribution in [-0.4, -0.2) is 60.5 Å². The van der Waals surface area contributed by atoms with Gasteiger partial charge in [0, 0.05) is 32.2 Å². The largest absolute Gasteiger partial charge is 0.488 e. The van der Waals surface area contributed by atoms with E-state index in [0.29, 0.717) is 13.1 Å². The Morgan fingerprint density at radius 2 is 2.29 bits per heavy atom. The second-order valence-electron chi connectivity index (χ2n) is 6.67. The number of carbonyl (C=O) groups excluding carboxylic acids is 1. The summed E-state index contributed by atoms with van der Waals surface area (Å²) in [5, 5.41) is 16.8. The van der Waals surface area contributed by atoms with Gasteiger partial charge in [-0.3, -0.25) is 0 Å². The molecule has 0 radical (unpaired) electrons. The Morgan fingerprint density at radius 3 is 3.04 bits per heavy atom. The summed E-state index contributed by atoms with van der Waals surface area (Å²) in [4.78, 5) is 13.3. The predicted octanol–water partition coefficient (Wildman–Crippen LogP) is 1.27. The average molecular weight is 333 g/mol. The third kappa shape index (κ3) is 4.19. The summed E-state index contributed by atoms with van der Waals surface area (Å²) < 4.78 is 6.01. The number of aryl methyl sites for hydroxylation is 1. The zero-order valence-corrected chi connectivity index (χ0v) is 14.2. The quantitative estimate of drug-likeness (QED) is 0.733. The van der Waals surface area contributed by atoms with Crippen molar-refractivity contribution in [2.45, 2.75) is 44.4 Å². The van der Waals surface area contributed by atoms with Crippen molar-refractivity contribution in [1.82, 2.24) is 15.5 Å². The molecule has 1 saturated heterocycles. The fourth-order valence-corrected chi connectivity index (χ4v) is 3.46. The molecule has 3 atom stereocenters. The summed E-state index contributed by atoms with van der Waals surface area (Å²) in [6, 6.07) is 7.94. The maximum Gasteiger partial charge on any atom is 0.317 e. The highest BCUT2D eigenvalue weighted by atomic mass is 16.5. The molecule has 3 rings (SSSR count). The minimum atomic E-state index is -0.535. The van der Waals surface area contributed by atoms with Crippen molar-refractivity contribution in [3.05, 3.63) is 29.8 Å². The van der Waals surface area contributed by atoms with Crippen LogP contribution >= 0.6 is 0 Å². The number of aliphatic hydroxyl groups is 1. The standard InChI is InChI=1S/C18H27N3O3/c1-13-4-2-5-14(12-13)24-16-7-3-6-15(17(16)22)19-8-10-21-11-9-20-18(21)23/h2,4-5,12,15-17,19,22H,3,6-11H2,1H3,(H,20,23)/t15-,16+,17+/m0/s1. The predicted molar refractivity (Wildman–Crippen MR) is 92.2 cm³/mol. The van der Waals surface area contributed by atoms with Gasteiger partial charge >= 0.3 is 6.03 Å². The SMILES string of the molecule is Cc1cccc(O[C@@H]2CCC[C@H](NCCN3CCNC3=O)[C@H]2O)c1. The van der Waals surface area contributed by atoms with Gasteiger partial charge in [0.05, 0.1) is 0 Å². The van der Waals surface area contributed by atoms with Gasteiger partial charge in [0.15, 0.2) is 0 Å². The molecule has 24 heavy (non-hydrogen) atoms. The molecule has 1 aromatic carbocycles. The number of hydrogen-bond donors (Lipinski definition) is 3. The molecular weight excluding hydrogens is 306 g/mol. The molecule has 0 unspecified atom stereocenters. The monoisotopic (exact) mass is 333 g/mol. The van der Waals surface area contributed by atoms with Crippen LogP contribution in [0.5, 0.6) is 5.75 Å². The van der Waals surface area contributed by atoms with Crippen LogP contribution in [0, 0.1) is 6.92 Å². The van der Waals surface area contributed by atoms with E-state index in [-0.39, 0.29) is 18.2 Å². The van der Waals surface area contributed by atoms with Gasteiger partial charge in [-0.25, -0.2) is 4.79 Å². The van der Waals surface area contributed by atoms with Crippen LogP contribution < -0.4 is 15.4 Å². The molecule has 2 amide bonds. The zero-order chi connectivity index (χ0) is 16.9. The zero-order valence-electron chi connectivity index (χ0n) is 14.2. The Kier molecular flexibility index (Phi) is 5.58. The molecule has 1 aromatic rings. The number of hydrogen-bond acceptors (Lipinski definition) is 4. The minimum Gasteiger partial charge on any atom is -0.488 e. The molecule has 1 aliphatic heterocycles. The van der Waals surface area contributed by atoms with Gasteiger partial charge in [0.2, 0.25) is 0 Å². The number of rotatable bonds is 6. The van der Waals surface area contributed by atoms with Crippen molar-refractivity contribution in [2.75, 3.05) is 26.2 Å². The van der Waals surface area contributed by atoms with Crippen molar-refractivity contribution in [3.63, 3.8) is 0 Å². The molecule has 0 aromatic heterocycles. The lowest BCUT2D eigenvalue weighted by molar-refractivity contribution is -0.0154. The molecular formula is C18H27N3O3. The molecule has 6 heteroatoms. The highest BCUT2D eigenvalue weighted by Crippen LogP contribution is 2.25. The van der Waals surface area contributed by atoms with E-state index in [1.165, 1.54) is 0 Å². The molecule has 1 aliphatic carbocycles. The van der Waals surface area contributed by atoms with Gasteiger partial charge in [0.25, 0.3) is 0 Å². The summed E-state index contributed by atoms with van der Waals surface area (Å²) in [5.74, 6) is 0.813. The first-order valence-electron chi connectivity index (χ1n) is 8.81. The van der Waals surface area contributed by atoms with Gasteiger partial charge < -0.3 is 25.4 Å². The maximum absolute atomic E-state index is 11.5. The minimum absolute atomic E-state index is 0.00153. The van der Waals surface area contributed by atoms with Gasteiger partial charge in [-0.05, 0) is 43.9 Å². The normalized spacial score (nSPS) is 27.2. The summed E-state index contributed by atoms with van der Waals surface area (Å²) in [5.41, 5.74) is 1.15. The van der Waals surface area contributed by atoms with Gasteiger partial charge in [-0.15, -0.1) is 0 Å². The van der Waals surface area contributed by atoms with Crippen LogP contribution in [0.1, 0.15) is 24.8 Å². The van der Waals surface area contributed by atoms with Gasteiger partial charge in [0.1, 0.15) is 18.0 Å². The molecule has 2 aliphatic rings. The summed E-state index contributed by atoms with van der Waals surface area (Å²) in [6.45, 7) is 4.86. The van der Waals surface area contributed by atoms with Crippen LogP contribution in [0.2, 0.25) is 0 Å². The van der Waals surface area contributed by atoms with E-state index in [1.807, 2.05) is 31.2 Å². The number of amides is 2. The van der Waals surface area contributed by atoms with Crippen molar-refractivity contribution in [1.29, 1.82) is 0 Å². The van der Waals surface area contributed by atoms with Crippen molar-refractivity contribution in [3.8, 4) is 5.75 Å². The summed E-state index contributed by atoms with van der Waals surface area (Å²) in [7, 11) is 0. The van der Waals surface area contributed by atoms with Gasteiger partial charge in [-0.1, -0.05) is 12.1 Å². The highest BCUT2D eigenvalue weighted by Gasteiger charge is 2.33. The first-order valence-corrected chi connectivity index (χ1v) is 8.81. The van der Waals surface area contributed by atoms with E-state index in [9.17, 15) is 9.90 Å². The summed E-state index contributed by atoms with van der Waals surface area (Å²) in [6.07, 6.45) is 2.10. The van der Waals surface area contributed by atoms with Crippen molar-refractivity contribution in [2.24, 2.45) is 0 Å². The van der Waals surface area contributed by atoms with Crippen LogP contribution in [0.3, 0.4) is 0 Å². The second-order valence-corrected chi connectivity index (χ2v) is 6.67. The van der Waals surface area contributed by atoms with E-state index >= 15 is 0 Å². The van der Waals surface area contributed by atoms with E-state index in [4.69, 9.17) is 4.74 Å². The van der Waals surface area contributed by atoms with Crippen LogP contribution in [0.15, 0.2) is 24.3 Å². The highest BCUT2D eigenvalue weighted by molar-refractivity contribution is 5.76. The Hall–Kier alpha value is -1.79. The number of aliphatic hydroxyl groups excluding tert-OH is 1. The lowest BCUT2D eigenvalue weighted by Crippen LogP contribution is -2.52. The lowest BCUT2D eigenvalue weighted by Gasteiger charge is -2.35. The number of urea groups is 1. The molecule has 132 valence electrons. The van der Waals surface area contributed by atoms with E-state index in [1.54, 1.807) is 4.90 Å². The molecule has 1 heterocycles. The topological polar surface area (TPSA) is 73.8 Å². The second kappa shape index (κ2) is 7.85. The van der Waals surface area contributed by atoms with Crippen molar-refractivity contribution >= 4 is 6.03 Å².